The summed E-state index contributed by atoms with van der Waals surface area (Å²) in [5.74, 6) is 1.07. The quantitative estimate of drug-likeness (QED) is 0.299. The van der Waals surface area contributed by atoms with E-state index in [0.717, 1.165) is 33.4 Å². The van der Waals surface area contributed by atoms with Crippen molar-refractivity contribution < 1.29 is 0 Å². The Morgan fingerprint density at radius 3 is 2.36 bits per heavy atom. The van der Waals surface area contributed by atoms with Crippen molar-refractivity contribution in [2.24, 2.45) is 0 Å². The average Bonchev–Trinajstić information content (AvgIpc) is 3.01. The monoisotopic (exact) mass is 559 g/mol. The third-order valence-corrected chi connectivity index (χ3v) is 7.70. The molecule has 0 unspecified atom stereocenters. The molecule has 2 aromatic heterocycles. The van der Waals surface area contributed by atoms with Crippen molar-refractivity contribution in [3.63, 3.8) is 0 Å². The zero-order chi connectivity index (χ0) is 18.2. The Morgan fingerprint density at radius 2 is 1.68 bits per heavy atom. The van der Waals surface area contributed by atoms with Crippen molar-refractivity contribution in [3.8, 4) is 0 Å². The highest BCUT2D eigenvalue weighted by Gasteiger charge is 2.29. The largest absolute Gasteiger partial charge is 0.342 e. The Bertz CT molecular complexity index is 864. The number of nitrogens with one attached hydrogen (secondary N) is 1. The van der Waals surface area contributed by atoms with E-state index in [4.69, 9.17) is 4.98 Å². The number of imidazole rings is 1. The molecule has 1 aromatic carbocycles. The summed E-state index contributed by atoms with van der Waals surface area (Å²) in [5, 5.41) is 0. The molecule has 0 amide bonds. The van der Waals surface area contributed by atoms with Gasteiger partial charge in [0.2, 0.25) is 0 Å². The van der Waals surface area contributed by atoms with Gasteiger partial charge in [0.05, 0.1) is 11.0 Å². The fraction of sp³-hybridized carbons (Fsp3) is 0.400. The molecule has 5 heteroatoms. The molecule has 3 rings (SSSR count). The maximum Gasteiger partial charge on any atom is 0.114 e. The number of pyridine rings is 1. The minimum absolute atomic E-state index is 0.0000763. The first-order valence-electron chi connectivity index (χ1n) is 8.46. The Labute approximate surface area is 176 Å². The van der Waals surface area contributed by atoms with Crippen LogP contribution in [0.3, 0.4) is 0 Å². The van der Waals surface area contributed by atoms with E-state index in [1.165, 1.54) is 9.13 Å². The highest BCUT2D eigenvalue weighted by atomic mass is 127. The lowest BCUT2D eigenvalue weighted by Gasteiger charge is -2.30. The number of benzene rings is 1. The van der Waals surface area contributed by atoms with Crippen LogP contribution in [-0.2, 0) is 10.8 Å². The van der Waals surface area contributed by atoms with Crippen molar-refractivity contribution in [2.75, 3.05) is 0 Å². The van der Waals surface area contributed by atoms with Crippen LogP contribution in [0.25, 0.3) is 11.0 Å². The van der Waals surface area contributed by atoms with Gasteiger partial charge in [-0.15, -0.1) is 0 Å². The topological polar surface area (TPSA) is 41.6 Å². The maximum absolute atomic E-state index is 4.81. The molecule has 25 heavy (non-hydrogen) atoms. The van der Waals surface area contributed by atoms with Crippen molar-refractivity contribution in [3.05, 3.63) is 55.2 Å². The Balaban J connectivity index is 1.79. The SMILES string of the molecule is CC(C)(CCC(C)(C)c1nc2ccccc2[nH]1)c1cnc(I)c(I)c1. The molecule has 0 saturated heterocycles. The summed E-state index contributed by atoms with van der Waals surface area (Å²) in [6.07, 6.45) is 4.16. The minimum Gasteiger partial charge on any atom is -0.342 e. The van der Waals surface area contributed by atoms with Gasteiger partial charge in [0, 0.05) is 15.2 Å². The smallest absolute Gasteiger partial charge is 0.114 e. The second kappa shape index (κ2) is 7.13. The Hall–Kier alpha value is -0.700. The van der Waals surface area contributed by atoms with Gasteiger partial charge in [-0.3, -0.25) is 0 Å². The molecular weight excluding hydrogens is 536 g/mol. The molecule has 0 spiro atoms. The van der Waals surface area contributed by atoms with Crippen LogP contribution in [0.4, 0.5) is 0 Å². The molecule has 0 aliphatic rings. The molecule has 1 N–H and O–H groups in total. The number of aromatic nitrogens is 3. The summed E-state index contributed by atoms with van der Waals surface area (Å²) in [6, 6.07) is 10.5. The normalized spacial score (nSPS) is 12.7. The summed E-state index contributed by atoms with van der Waals surface area (Å²) in [4.78, 5) is 12.9. The number of para-hydroxylation sites is 2. The second-order valence-electron chi connectivity index (χ2n) is 7.87. The van der Waals surface area contributed by atoms with Crippen molar-refractivity contribution >= 4 is 56.2 Å². The van der Waals surface area contributed by atoms with Crippen molar-refractivity contribution in [1.82, 2.24) is 15.0 Å². The number of aromatic amines is 1. The van der Waals surface area contributed by atoms with E-state index in [0.29, 0.717) is 0 Å². The molecule has 0 radical (unpaired) electrons. The van der Waals surface area contributed by atoms with Crippen LogP contribution in [0.5, 0.6) is 0 Å². The molecule has 0 fully saturated rings. The number of halogens is 2. The third kappa shape index (κ3) is 4.18. The minimum atomic E-state index is 0.0000763. The summed E-state index contributed by atoms with van der Waals surface area (Å²) in [7, 11) is 0. The summed E-state index contributed by atoms with van der Waals surface area (Å²) in [6.45, 7) is 9.16. The van der Waals surface area contributed by atoms with Crippen LogP contribution in [0.15, 0.2) is 36.5 Å². The van der Waals surface area contributed by atoms with Gasteiger partial charge < -0.3 is 4.98 Å². The van der Waals surface area contributed by atoms with E-state index in [2.05, 4.69) is 101 Å². The van der Waals surface area contributed by atoms with Gasteiger partial charge in [-0.1, -0.05) is 39.8 Å². The number of nitrogens with zero attached hydrogens (tertiary/aromatic N) is 2. The van der Waals surface area contributed by atoms with Crippen LogP contribution in [-0.4, -0.2) is 15.0 Å². The highest BCUT2D eigenvalue weighted by molar-refractivity contribution is 14.1. The molecule has 0 atom stereocenters. The molecule has 0 bridgehead atoms. The number of hydrogen-bond donors (Lipinski definition) is 1. The fourth-order valence-corrected chi connectivity index (χ4v) is 3.72. The van der Waals surface area contributed by atoms with E-state index in [1.54, 1.807) is 0 Å². The Kier molecular flexibility index (Phi) is 5.44. The van der Waals surface area contributed by atoms with Gasteiger partial charge in [-0.25, -0.2) is 9.97 Å². The number of H-pyrrole nitrogens is 1. The second-order valence-corrected chi connectivity index (χ2v) is 10.1. The summed E-state index contributed by atoms with van der Waals surface area (Å²) >= 11 is 4.65. The zero-order valence-corrected chi connectivity index (χ0v) is 19.3. The van der Waals surface area contributed by atoms with Gasteiger partial charge in [0.25, 0.3) is 0 Å². The summed E-state index contributed by atoms with van der Waals surface area (Å²) in [5.41, 5.74) is 3.54. The lowest BCUT2D eigenvalue weighted by atomic mass is 9.75. The fourth-order valence-electron chi connectivity index (χ4n) is 2.95. The first-order valence-corrected chi connectivity index (χ1v) is 10.6. The Morgan fingerprint density at radius 1 is 1.00 bits per heavy atom. The van der Waals surface area contributed by atoms with Gasteiger partial charge >= 0.3 is 0 Å². The van der Waals surface area contributed by atoms with Crippen LogP contribution in [0.2, 0.25) is 0 Å². The number of rotatable bonds is 5. The highest BCUT2D eigenvalue weighted by Crippen LogP contribution is 2.36. The van der Waals surface area contributed by atoms with E-state index < -0.39 is 0 Å². The first-order chi connectivity index (χ1) is 11.7. The molecule has 132 valence electrons. The molecular formula is C20H23I2N3. The summed E-state index contributed by atoms with van der Waals surface area (Å²) < 4.78 is 2.29. The van der Waals surface area contributed by atoms with Gasteiger partial charge in [-0.05, 0) is 87.2 Å². The van der Waals surface area contributed by atoms with Gasteiger partial charge in [0.1, 0.15) is 9.53 Å². The van der Waals surface area contributed by atoms with E-state index >= 15 is 0 Å². The van der Waals surface area contributed by atoms with E-state index in [9.17, 15) is 0 Å². The lowest BCUT2D eigenvalue weighted by Crippen LogP contribution is -2.25. The molecule has 0 aliphatic heterocycles. The average molecular weight is 559 g/mol. The lowest BCUT2D eigenvalue weighted by molar-refractivity contribution is 0.364. The number of fused-ring (bicyclic) bond motifs is 1. The van der Waals surface area contributed by atoms with Gasteiger partial charge in [0.15, 0.2) is 0 Å². The molecule has 2 heterocycles. The van der Waals surface area contributed by atoms with Crippen molar-refractivity contribution in [1.29, 1.82) is 0 Å². The van der Waals surface area contributed by atoms with E-state index in [1.807, 2.05) is 18.3 Å². The zero-order valence-electron chi connectivity index (χ0n) is 15.0. The van der Waals surface area contributed by atoms with Crippen LogP contribution in [0.1, 0.15) is 51.9 Å². The molecule has 0 saturated carbocycles. The maximum atomic E-state index is 4.81. The molecule has 3 aromatic rings. The predicted molar refractivity (Wildman–Crippen MR) is 121 cm³/mol. The van der Waals surface area contributed by atoms with E-state index in [-0.39, 0.29) is 10.8 Å². The van der Waals surface area contributed by atoms with Gasteiger partial charge in [-0.2, -0.15) is 0 Å². The van der Waals surface area contributed by atoms with Crippen LogP contribution < -0.4 is 0 Å². The van der Waals surface area contributed by atoms with Crippen LogP contribution in [0, 0.1) is 7.27 Å². The van der Waals surface area contributed by atoms with Crippen molar-refractivity contribution in [2.45, 2.75) is 51.4 Å². The standard InChI is InChI=1S/C20H23I2N3/c1-19(2,13-11-14(21)17(22)23-12-13)9-10-20(3,4)18-24-15-7-5-6-8-16(15)25-18/h5-8,11-12H,9-10H2,1-4H3,(H,24,25). The first kappa shape index (κ1) is 19.1. The molecule has 3 nitrogen and oxygen atoms in total. The predicted octanol–water partition coefficient (Wildman–Crippen LogP) is 6.20. The molecule has 0 aliphatic carbocycles. The third-order valence-electron chi connectivity index (χ3n) is 4.98. The number of hydrogen-bond acceptors (Lipinski definition) is 2. The van der Waals surface area contributed by atoms with Crippen LogP contribution >= 0.6 is 45.2 Å².